The largest absolute Gasteiger partial charge is 0.481 e. The van der Waals surface area contributed by atoms with Crippen LogP contribution in [-0.4, -0.2) is 63.3 Å². The molecule has 43 heavy (non-hydrogen) atoms. The summed E-state index contributed by atoms with van der Waals surface area (Å²) in [5.41, 5.74) is 17.9. The average Bonchev–Trinajstić information content (AvgIpc) is 2.97. The predicted molar refractivity (Wildman–Crippen MR) is 157 cm³/mol. The molecule has 9 N–H and O–H groups in total. The van der Waals surface area contributed by atoms with Gasteiger partial charge in [0.2, 0.25) is 0 Å². The summed E-state index contributed by atoms with van der Waals surface area (Å²) in [5.74, 6) is -3.65. The molecule has 0 aliphatic heterocycles. The molecule has 0 bridgehead atoms. The highest BCUT2D eigenvalue weighted by Crippen LogP contribution is 2.05. The van der Waals surface area contributed by atoms with E-state index in [4.69, 9.17) is 42.0 Å². The SMILES string of the molecule is CC(C)C[C@H](N)C(=O)O.N[C@@H](CCC(=O)O)C(=O)OCc1ccccc1.N[C@@H](CCC(=O)O)C(=O)OCc1ccccc1. The predicted octanol–water partition coefficient (Wildman–Crippen LogP) is 2.29. The van der Waals surface area contributed by atoms with Gasteiger partial charge in [-0.3, -0.25) is 24.0 Å². The minimum absolute atomic E-state index is 0.0863. The van der Waals surface area contributed by atoms with Crippen LogP contribution in [0.1, 0.15) is 57.1 Å². The van der Waals surface area contributed by atoms with Crippen molar-refractivity contribution in [3.05, 3.63) is 71.8 Å². The van der Waals surface area contributed by atoms with Gasteiger partial charge in [0.15, 0.2) is 0 Å². The molecule has 0 unspecified atom stereocenters. The average molecular weight is 606 g/mol. The molecule has 2 aromatic carbocycles. The van der Waals surface area contributed by atoms with Crippen LogP contribution in [0.3, 0.4) is 0 Å². The molecule has 0 aliphatic rings. The summed E-state index contributed by atoms with van der Waals surface area (Å²) in [4.78, 5) is 53.5. The number of hydrogen-bond donors (Lipinski definition) is 6. The van der Waals surface area contributed by atoms with Crippen LogP contribution >= 0.6 is 0 Å². The zero-order chi connectivity index (χ0) is 32.8. The van der Waals surface area contributed by atoms with Crippen LogP contribution in [0.15, 0.2) is 60.7 Å². The van der Waals surface area contributed by atoms with Crippen molar-refractivity contribution < 1.29 is 48.8 Å². The number of esters is 2. The van der Waals surface area contributed by atoms with E-state index in [1.807, 2.05) is 74.5 Å². The number of aliphatic carboxylic acids is 3. The second-order valence-electron chi connectivity index (χ2n) is 9.84. The van der Waals surface area contributed by atoms with Crippen molar-refractivity contribution in [2.75, 3.05) is 0 Å². The van der Waals surface area contributed by atoms with Crippen LogP contribution in [0, 0.1) is 5.92 Å². The minimum Gasteiger partial charge on any atom is -0.481 e. The molecule has 2 aromatic rings. The second-order valence-corrected chi connectivity index (χ2v) is 9.84. The summed E-state index contributed by atoms with van der Waals surface area (Å²) in [6.45, 7) is 4.20. The van der Waals surface area contributed by atoms with Crippen LogP contribution in [0.4, 0.5) is 0 Å². The molecule has 0 saturated carbocycles. The standard InChI is InChI=1S/2C12H15NO4.C6H13NO2/c2*13-10(6-7-11(14)15)12(16)17-8-9-4-2-1-3-5-9;1-4(2)3-5(7)6(8)9/h2*1-5,10H,6-8,13H2,(H,14,15);4-5H,3,7H2,1-2H3,(H,8,9)/t2*10-;5-/m000/s1. The molecule has 3 atom stereocenters. The summed E-state index contributed by atoms with van der Waals surface area (Å²) < 4.78 is 9.93. The number of rotatable bonds is 15. The second kappa shape index (κ2) is 22.3. The Balaban J connectivity index is 0.000000648. The minimum atomic E-state index is -0.976. The van der Waals surface area contributed by atoms with Crippen LogP contribution in [0.25, 0.3) is 0 Å². The van der Waals surface area contributed by atoms with Gasteiger partial charge in [0, 0.05) is 12.8 Å². The number of carbonyl (C=O) groups excluding carboxylic acids is 2. The molecule has 0 aliphatic carbocycles. The van der Waals surface area contributed by atoms with Gasteiger partial charge in [-0.15, -0.1) is 0 Å². The molecular weight excluding hydrogens is 562 g/mol. The van der Waals surface area contributed by atoms with Crippen LogP contribution < -0.4 is 17.2 Å². The highest BCUT2D eigenvalue weighted by Gasteiger charge is 2.17. The Morgan fingerprint density at radius 3 is 1.23 bits per heavy atom. The summed E-state index contributed by atoms with van der Waals surface area (Å²) in [5, 5.41) is 25.2. The fraction of sp³-hybridized carbons (Fsp3) is 0.433. The number of benzene rings is 2. The van der Waals surface area contributed by atoms with Crippen molar-refractivity contribution in [2.24, 2.45) is 23.1 Å². The summed E-state index contributed by atoms with van der Waals surface area (Å²) >= 11 is 0. The first-order valence-electron chi connectivity index (χ1n) is 13.6. The molecule has 2 rings (SSSR count). The third-order valence-electron chi connectivity index (χ3n) is 5.43. The molecule has 0 spiro atoms. The fourth-order valence-corrected chi connectivity index (χ4v) is 3.07. The molecular formula is C30H43N3O10. The van der Waals surface area contributed by atoms with Crippen molar-refractivity contribution in [1.82, 2.24) is 0 Å². The maximum atomic E-state index is 11.4. The Kier molecular flexibility index (Phi) is 20.0. The maximum Gasteiger partial charge on any atom is 0.323 e. The molecule has 0 heterocycles. The van der Waals surface area contributed by atoms with E-state index in [0.717, 1.165) is 11.1 Å². The van der Waals surface area contributed by atoms with Gasteiger partial charge >= 0.3 is 29.8 Å². The molecule has 0 radical (unpaired) electrons. The molecule has 238 valence electrons. The lowest BCUT2D eigenvalue weighted by Gasteiger charge is -2.10. The van der Waals surface area contributed by atoms with Gasteiger partial charge in [-0.2, -0.15) is 0 Å². The Bertz CT molecular complexity index is 1040. The summed E-state index contributed by atoms with van der Waals surface area (Å²) in [6, 6.07) is 16.0. The lowest BCUT2D eigenvalue weighted by Crippen LogP contribution is -2.32. The van der Waals surface area contributed by atoms with Gasteiger partial charge in [0.25, 0.3) is 0 Å². The van der Waals surface area contributed by atoms with Gasteiger partial charge in [0.05, 0.1) is 0 Å². The van der Waals surface area contributed by atoms with Crippen molar-refractivity contribution >= 4 is 29.8 Å². The first-order chi connectivity index (χ1) is 20.2. The van der Waals surface area contributed by atoms with E-state index >= 15 is 0 Å². The first-order valence-corrected chi connectivity index (χ1v) is 13.6. The number of nitrogens with two attached hydrogens (primary N) is 3. The third kappa shape index (κ3) is 21.1. The monoisotopic (exact) mass is 605 g/mol. The summed E-state index contributed by atoms with van der Waals surface area (Å²) in [7, 11) is 0. The Labute approximate surface area is 251 Å². The van der Waals surface area contributed by atoms with Gasteiger partial charge in [0.1, 0.15) is 31.3 Å². The number of carboxylic acids is 3. The van der Waals surface area contributed by atoms with Gasteiger partial charge in [-0.25, -0.2) is 0 Å². The van der Waals surface area contributed by atoms with E-state index in [0.29, 0.717) is 12.3 Å². The normalized spacial score (nSPS) is 12.2. The molecule has 0 amide bonds. The molecule has 13 heteroatoms. The van der Waals surface area contributed by atoms with Gasteiger partial charge in [-0.05, 0) is 36.3 Å². The Morgan fingerprint density at radius 1 is 0.628 bits per heavy atom. The van der Waals surface area contributed by atoms with E-state index in [-0.39, 0.29) is 38.9 Å². The smallest absolute Gasteiger partial charge is 0.323 e. The number of ether oxygens (including phenoxy) is 2. The van der Waals surface area contributed by atoms with E-state index in [1.165, 1.54) is 0 Å². The van der Waals surface area contributed by atoms with Crippen LogP contribution in [0.2, 0.25) is 0 Å². The third-order valence-corrected chi connectivity index (χ3v) is 5.43. The van der Waals surface area contributed by atoms with E-state index in [9.17, 15) is 24.0 Å². The van der Waals surface area contributed by atoms with Gasteiger partial charge < -0.3 is 42.0 Å². The van der Waals surface area contributed by atoms with Crippen LogP contribution in [0.5, 0.6) is 0 Å². The van der Waals surface area contributed by atoms with E-state index < -0.39 is 48.0 Å². The number of carbonyl (C=O) groups is 5. The molecule has 0 fully saturated rings. The first kappa shape index (κ1) is 38.7. The lowest BCUT2D eigenvalue weighted by atomic mass is 10.1. The zero-order valence-electron chi connectivity index (χ0n) is 24.5. The quantitative estimate of drug-likeness (QED) is 0.160. The number of hydrogen-bond acceptors (Lipinski definition) is 10. The van der Waals surface area contributed by atoms with Crippen molar-refractivity contribution in [2.45, 2.75) is 77.3 Å². The lowest BCUT2D eigenvalue weighted by molar-refractivity contribution is -0.148. The topological polar surface area (TPSA) is 243 Å². The Hall–Kier alpha value is -4.33. The maximum absolute atomic E-state index is 11.4. The molecule has 13 nitrogen and oxygen atoms in total. The highest BCUT2D eigenvalue weighted by atomic mass is 16.5. The zero-order valence-corrected chi connectivity index (χ0v) is 24.5. The molecule has 0 saturated heterocycles. The fourth-order valence-electron chi connectivity index (χ4n) is 3.07. The van der Waals surface area contributed by atoms with Crippen molar-refractivity contribution in [3.8, 4) is 0 Å². The number of carboxylic acid groups (broad SMARTS) is 3. The highest BCUT2D eigenvalue weighted by molar-refractivity contribution is 5.77. The van der Waals surface area contributed by atoms with Crippen molar-refractivity contribution in [3.63, 3.8) is 0 Å². The van der Waals surface area contributed by atoms with Crippen LogP contribution in [-0.2, 0) is 46.7 Å². The van der Waals surface area contributed by atoms with Crippen molar-refractivity contribution in [1.29, 1.82) is 0 Å². The summed E-state index contributed by atoms with van der Waals surface area (Å²) in [6.07, 6.45) is 0.449. The molecule has 0 aromatic heterocycles. The van der Waals surface area contributed by atoms with Gasteiger partial charge in [-0.1, -0.05) is 74.5 Å². The van der Waals surface area contributed by atoms with E-state index in [2.05, 4.69) is 0 Å². The van der Waals surface area contributed by atoms with E-state index in [1.54, 1.807) is 0 Å². The Morgan fingerprint density at radius 2 is 0.977 bits per heavy atom.